The molecule has 3 rings (SSSR count). The van der Waals surface area contributed by atoms with Gasteiger partial charge in [-0.1, -0.05) is 51.0 Å². The lowest BCUT2D eigenvalue weighted by Crippen LogP contribution is -2.28. The van der Waals surface area contributed by atoms with E-state index in [0.29, 0.717) is 0 Å². The van der Waals surface area contributed by atoms with Crippen molar-refractivity contribution >= 4 is 5.69 Å². The highest BCUT2D eigenvalue weighted by molar-refractivity contribution is 5.56. The van der Waals surface area contributed by atoms with Crippen LogP contribution >= 0.6 is 0 Å². The molecule has 2 unspecified atom stereocenters. The normalized spacial score (nSPS) is 26.1. The zero-order valence-corrected chi connectivity index (χ0v) is 13.6. The Morgan fingerprint density at radius 3 is 2.48 bits per heavy atom. The van der Waals surface area contributed by atoms with Crippen LogP contribution in [0.5, 0.6) is 0 Å². The van der Waals surface area contributed by atoms with Crippen molar-refractivity contribution in [2.45, 2.75) is 46.1 Å². The van der Waals surface area contributed by atoms with Crippen LogP contribution in [-0.4, -0.2) is 5.54 Å². The van der Waals surface area contributed by atoms with Gasteiger partial charge in [-0.05, 0) is 49.2 Å². The average Bonchev–Trinajstić information content (AvgIpc) is 3.27. The van der Waals surface area contributed by atoms with Gasteiger partial charge in [-0.2, -0.15) is 0 Å². The predicted molar refractivity (Wildman–Crippen MR) is 91.9 cm³/mol. The lowest BCUT2D eigenvalue weighted by Gasteiger charge is -2.24. The molecule has 2 N–H and O–H groups in total. The minimum atomic E-state index is 0.138. The monoisotopic (exact) mass is 283 g/mol. The van der Waals surface area contributed by atoms with Crippen LogP contribution in [0.3, 0.4) is 0 Å². The van der Waals surface area contributed by atoms with E-state index in [1.54, 1.807) is 0 Å². The largest absolute Gasteiger partial charge is 0.382 e. The number of nitrogens with one attached hydrogen (secondary N) is 2. The summed E-state index contributed by atoms with van der Waals surface area (Å²) in [7, 11) is 0. The van der Waals surface area contributed by atoms with Crippen molar-refractivity contribution in [3.05, 3.63) is 60.3 Å². The minimum Gasteiger partial charge on any atom is -0.382 e. The number of hydrogen-bond acceptors (Lipinski definition) is 2. The summed E-state index contributed by atoms with van der Waals surface area (Å²) in [6.45, 7) is 10.4. The number of hydrogen-bond donors (Lipinski definition) is 2. The number of anilines is 1. The Labute approximate surface area is 129 Å². The molecule has 21 heavy (non-hydrogen) atoms. The quantitative estimate of drug-likeness (QED) is 0.829. The number of dihydropyridines is 1. The first-order chi connectivity index (χ1) is 10.2. The van der Waals surface area contributed by atoms with Gasteiger partial charge in [0.2, 0.25) is 0 Å². The van der Waals surface area contributed by atoms with Crippen LogP contribution in [0.25, 0.3) is 0 Å². The van der Waals surface area contributed by atoms with Crippen molar-refractivity contribution in [1.82, 2.24) is 5.32 Å². The van der Waals surface area contributed by atoms with Crippen LogP contribution in [-0.2, 0) is 0 Å². The van der Waals surface area contributed by atoms with Gasteiger partial charge in [0.15, 0.2) is 0 Å². The molecule has 2 aliphatic rings. The second-order valence-corrected chi connectivity index (χ2v) is 5.56. The summed E-state index contributed by atoms with van der Waals surface area (Å²) in [5, 5.41) is 6.87. The van der Waals surface area contributed by atoms with E-state index in [4.69, 9.17) is 0 Å². The minimum absolute atomic E-state index is 0.138. The highest BCUT2D eigenvalue weighted by atomic mass is 15.1. The van der Waals surface area contributed by atoms with Gasteiger partial charge in [0.25, 0.3) is 0 Å². The second-order valence-electron chi connectivity index (χ2n) is 5.56. The molecule has 2 atom stereocenters. The van der Waals surface area contributed by atoms with Crippen molar-refractivity contribution in [2.75, 3.05) is 5.32 Å². The molecule has 2 nitrogen and oxygen atoms in total. The molecule has 1 aliphatic carbocycles. The van der Waals surface area contributed by atoms with Gasteiger partial charge in [-0.3, -0.25) is 0 Å². The van der Waals surface area contributed by atoms with E-state index >= 15 is 0 Å². The Morgan fingerprint density at radius 1 is 1.24 bits per heavy atom. The van der Waals surface area contributed by atoms with Crippen molar-refractivity contribution in [3.63, 3.8) is 0 Å². The van der Waals surface area contributed by atoms with Gasteiger partial charge in [0, 0.05) is 5.69 Å². The molecule has 1 aliphatic heterocycles. The maximum atomic E-state index is 3.76. The van der Waals surface area contributed by atoms with Crippen LogP contribution in [0.4, 0.5) is 5.69 Å². The fourth-order valence-corrected chi connectivity index (χ4v) is 2.98. The standard InChI is InChI=1S/C17H21N2.C2H6/c1-3-14-12-17(14,15-8-10-18-11-9-15)19-16-6-4-13(2)5-7-16;1-2/h4-11,14,18-19H,3,12H2,1-2H3;1-2H3. The lowest BCUT2D eigenvalue weighted by atomic mass is 9.98. The molecular weight excluding hydrogens is 256 g/mol. The molecule has 1 saturated carbocycles. The Kier molecular flexibility index (Phi) is 5.11. The summed E-state index contributed by atoms with van der Waals surface area (Å²) in [5.41, 5.74) is 4.05. The van der Waals surface area contributed by atoms with Gasteiger partial charge in [-0.15, -0.1) is 0 Å². The molecule has 1 radical (unpaired) electrons. The first-order valence-electron chi connectivity index (χ1n) is 8.06. The van der Waals surface area contributed by atoms with E-state index in [9.17, 15) is 0 Å². The summed E-state index contributed by atoms with van der Waals surface area (Å²) in [5.74, 6) is 0.733. The second kappa shape index (κ2) is 6.84. The third kappa shape index (κ3) is 3.31. The van der Waals surface area contributed by atoms with E-state index in [2.05, 4.69) is 60.9 Å². The zero-order valence-electron chi connectivity index (χ0n) is 13.6. The Hall–Kier alpha value is -1.70. The van der Waals surface area contributed by atoms with E-state index in [1.807, 2.05) is 26.6 Å². The molecular formula is C19H27N2. The van der Waals surface area contributed by atoms with Gasteiger partial charge in [0.1, 0.15) is 0 Å². The highest BCUT2D eigenvalue weighted by Gasteiger charge is 2.54. The third-order valence-corrected chi connectivity index (χ3v) is 4.25. The lowest BCUT2D eigenvalue weighted by molar-refractivity contribution is 0.694. The van der Waals surface area contributed by atoms with Gasteiger partial charge < -0.3 is 10.6 Å². The van der Waals surface area contributed by atoms with Crippen LogP contribution in [0.1, 0.15) is 39.2 Å². The molecule has 0 bridgehead atoms. The molecule has 113 valence electrons. The summed E-state index contributed by atoms with van der Waals surface area (Å²) < 4.78 is 0. The van der Waals surface area contributed by atoms with Gasteiger partial charge >= 0.3 is 0 Å². The Balaban J connectivity index is 0.000000774. The van der Waals surface area contributed by atoms with Crippen molar-refractivity contribution in [1.29, 1.82) is 0 Å². The van der Waals surface area contributed by atoms with Gasteiger partial charge in [0.05, 0.1) is 12.1 Å². The van der Waals surface area contributed by atoms with E-state index < -0.39 is 0 Å². The van der Waals surface area contributed by atoms with Crippen molar-refractivity contribution < 1.29 is 0 Å². The molecule has 0 saturated heterocycles. The zero-order chi connectivity index (χ0) is 15.3. The Morgan fingerprint density at radius 2 is 1.95 bits per heavy atom. The molecule has 1 heterocycles. The summed E-state index contributed by atoms with van der Waals surface area (Å²) in [6.07, 6.45) is 8.84. The maximum absolute atomic E-state index is 3.76. The molecule has 0 aromatic heterocycles. The van der Waals surface area contributed by atoms with E-state index in [0.717, 1.165) is 5.92 Å². The first-order valence-corrected chi connectivity index (χ1v) is 8.06. The fraction of sp³-hybridized carbons (Fsp3) is 0.421. The summed E-state index contributed by atoms with van der Waals surface area (Å²) in [4.78, 5) is 0. The maximum Gasteiger partial charge on any atom is 0.0683 e. The number of benzene rings is 1. The average molecular weight is 283 g/mol. The number of rotatable bonds is 4. The van der Waals surface area contributed by atoms with Gasteiger partial charge in [-0.25, -0.2) is 0 Å². The van der Waals surface area contributed by atoms with E-state index in [-0.39, 0.29) is 5.54 Å². The Bertz CT molecular complexity index is 513. The van der Waals surface area contributed by atoms with Crippen LogP contribution < -0.4 is 10.6 Å². The SMILES string of the molecule is CC.CCC1CC1(Nc1ccc(C)cc1)C1=C[CH]NC=C1. The molecule has 1 fully saturated rings. The van der Waals surface area contributed by atoms with Crippen LogP contribution in [0, 0.1) is 19.4 Å². The predicted octanol–water partition coefficient (Wildman–Crippen LogP) is 4.81. The van der Waals surface area contributed by atoms with Crippen LogP contribution in [0.2, 0.25) is 0 Å². The molecule has 0 spiro atoms. The van der Waals surface area contributed by atoms with Crippen molar-refractivity contribution in [3.8, 4) is 0 Å². The molecule has 2 heteroatoms. The first kappa shape index (κ1) is 15.7. The molecule has 1 aromatic carbocycles. The smallest absolute Gasteiger partial charge is 0.0683 e. The van der Waals surface area contributed by atoms with E-state index in [1.165, 1.54) is 29.7 Å². The highest BCUT2D eigenvalue weighted by Crippen LogP contribution is 2.53. The topological polar surface area (TPSA) is 24.1 Å². The van der Waals surface area contributed by atoms with Crippen LogP contribution in [0.15, 0.2) is 48.2 Å². The summed E-state index contributed by atoms with van der Waals surface area (Å²) >= 11 is 0. The summed E-state index contributed by atoms with van der Waals surface area (Å²) in [6, 6.07) is 8.69. The molecule has 0 amide bonds. The third-order valence-electron chi connectivity index (χ3n) is 4.25. The number of aryl methyl sites for hydroxylation is 1. The fourth-order valence-electron chi connectivity index (χ4n) is 2.98. The molecule has 1 aromatic rings. The van der Waals surface area contributed by atoms with Crippen molar-refractivity contribution in [2.24, 2.45) is 5.92 Å².